The fourth-order valence-electron chi connectivity index (χ4n) is 3.36. The summed E-state index contributed by atoms with van der Waals surface area (Å²) >= 11 is 0. The van der Waals surface area contributed by atoms with Crippen LogP contribution in [0.4, 0.5) is 4.79 Å². The van der Waals surface area contributed by atoms with Crippen molar-refractivity contribution in [1.29, 1.82) is 0 Å². The van der Waals surface area contributed by atoms with Crippen LogP contribution in [0.2, 0.25) is 0 Å². The smallest absolute Gasteiger partial charge is 0.325 e. The number of hydrogen-bond donors (Lipinski definition) is 1. The summed E-state index contributed by atoms with van der Waals surface area (Å²) in [6, 6.07) is -0.786. The quantitative estimate of drug-likeness (QED) is 0.686. The van der Waals surface area contributed by atoms with Gasteiger partial charge in [0.15, 0.2) is 18.2 Å². The maximum absolute atomic E-state index is 12.3. The summed E-state index contributed by atoms with van der Waals surface area (Å²) < 4.78 is 0. The fourth-order valence-corrected chi connectivity index (χ4v) is 3.36. The van der Waals surface area contributed by atoms with Crippen LogP contribution in [-0.2, 0) is 4.79 Å². The zero-order valence-electron chi connectivity index (χ0n) is 15.4. The number of nitrogens with zero attached hydrogens (tertiary/aromatic N) is 4. The first-order valence-corrected chi connectivity index (χ1v) is 9.06. The van der Waals surface area contributed by atoms with Crippen LogP contribution in [0.15, 0.2) is 4.99 Å². The molecule has 0 bridgehead atoms. The van der Waals surface area contributed by atoms with Crippen LogP contribution in [0.1, 0.15) is 51.9 Å². The summed E-state index contributed by atoms with van der Waals surface area (Å²) in [5.74, 6) is 0.541. The van der Waals surface area contributed by atoms with Crippen molar-refractivity contribution in [1.82, 2.24) is 20.0 Å². The summed E-state index contributed by atoms with van der Waals surface area (Å²) in [6.07, 6.45) is 8.18. The molecule has 136 valence electrons. The minimum absolute atomic E-state index is 0.244. The van der Waals surface area contributed by atoms with E-state index in [2.05, 4.69) is 22.1 Å². The Morgan fingerprint density at radius 3 is 2.33 bits per heavy atom. The van der Waals surface area contributed by atoms with Crippen molar-refractivity contribution in [2.75, 3.05) is 27.7 Å². The van der Waals surface area contributed by atoms with Gasteiger partial charge in [-0.2, -0.15) is 0 Å². The van der Waals surface area contributed by atoms with Gasteiger partial charge in [-0.05, 0) is 6.42 Å². The average Bonchev–Trinajstić information content (AvgIpc) is 2.92. The summed E-state index contributed by atoms with van der Waals surface area (Å²) in [5, 5.41) is 2.43. The summed E-state index contributed by atoms with van der Waals surface area (Å²) in [7, 11) is 5.54. The molecule has 2 rings (SSSR count). The predicted octanol–water partition coefficient (Wildman–Crippen LogP) is 1.85. The van der Waals surface area contributed by atoms with Gasteiger partial charge in [-0.1, -0.05) is 45.4 Å². The van der Waals surface area contributed by atoms with E-state index in [-0.39, 0.29) is 11.9 Å². The minimum Gasteiger partial charge on any atom is -0.349 e. The molecule has 0 aliphatic carbocycles. The molecule has 1 saturated heterocycles. The summed E-state index contributed by atoms with van der Waals surface area (Å²) in [6.45, 7) is 3.02. The van der Waals surface area contributed by atoms with Gasteiger partial charge in [-0.15, -0.1) is 0 Å². The summed E-state index contributed by atoms with van der Waals surface area (Å²) in [4.78, 5) is 34.2. The molecular weight excluding hydrogens is 306 g/mol. The van der Waals surface area contributed by atoms with Crippen LogP contribution < -0.4 is 5.32 Å². The van der Waals surface area contributed by atoms with E-state index in [9.17, 15) is 9.59 Å². The van der Waals surface area contributed by atoms with Gasteiger partial charge in [-0.25, -0.2) is 9.79 Å². The van der Waals surface area contributed by atoms with Crippen LogP contribution in [-0.4, -0.2) is 72.5 Å². The first kappa shape index (κ1) is 18.5. The van der Waals surface area contributed by atoms with Gasteiger partial charge in [-0.3, -0.25) is 10.1 Å². The van der Waals surface area contributed by atoms with E-state index < -0.39 is 12.2 Å². The molecule has 7 heteroatoms. The number of urea groups is 1. The molecule has 2 aliphatic rings. The first-order valence-electron chi connectivity index (χ1n) is 9.06. The van der Waals surface area contributed by atoms with Crippen LogP contribution >= 0.6 is 0 Å². The third-order valence-electron chi connectivity index (χ3n) is 4.74. The molecule has 0 saturated carbocycles. The SMILES string of the molecule is CCCCCCCCCN1C(N(C)C)=NC2C1C(=O)NC(=O)N2C. The predicted molar refractivity (Wildman–Crippen MR) is 94.7 cm³/mol. The number of amides is 3. The molecule has 1 fully saturated rings. The Kier molecular flexibility index (Phi) is 6.45. The minimum atomic E-state index is -0.423. The molecule has 24 heavy (non-hydrogen) atoms. The van der Waals surface area contributed by atoms with Gasteiger partial charge >= 0.3 is 6.03 Å². The monoisotopic (exact) mass is 337 g/mol. The highest BCUT2D eigenvalue weighted by Crippen LogP contribution is 2.25. The lowest BCUT2D eigenvalue weighted by Gasteiger charge is -2.36. The molecule has 2 atom stereocenters. The fraction of sp³-hybridized carbons (Fsp3) is 0.824. The second kappa shape index (κ2) is 8.35. The molecular formula is C17H31N5O2. The molecule has 1 N–H and O–H groups in total. The number of carbonyl (C=O) groups is 2. The molecule has 0 aromatic carbocycles. The number of unbranched alkanes of at least 4 members (excludes halogenated alkanes) is 6. The van der Waals surface area contributed by atoms with E-state index in [1.54, 1.807) is 7.05 Å². The second-order valence-corrected chi connectivity index (χ2v) is 6.90. The zero-order valence-corrected chi connectivity index (χ0v) is 15.4. The Morgan fingerprint density at radius 1 is 1.08 bits per heavy atom. The highest BCUT2D eigenvalue weighted by atomic mass is 16.2. The van der Waals surface area contributed by atoms with Crippen LogP contribution in [0, 0.1) is 0 Å². The van der Waals surface area contributed by atoms with E-state index in [0.717, 1.165) is 25.3 Å². The van der Waals surface area contributed by atoms with Gasteiger partial charge in [0, 0.05) is 27.7 Å². The number of hydrogen-bond acceptors (Lipinski definition) is 5. The second-order valence-electron chi connectivity index (χ2n) is 6.90. The zero-order chi connectivity index (χ0) is 17.7. The van der Waals surface area contributed by atoms with Crippen molar-refractivity contribution in [3.05, 3.63) is 0 Å². The topological polar surface area (TPSA) is 68.2 Å². The standard InChI is InChI=1S/C17H31N5O2/c1-5-6-7-8-9-10-11-12-22-13-14(18-16(22)20(2)3)21(4)17(24)19-15(13)23/h13-14H,5-12H2,1-4H3,(H,19,23,24). The van der Waals surface area contributed by atoms with Gasteiger partial charge in [0.1, 0.15) is 0 Å². The van der Waals surface area contributed by atoms with E-state index in [0.29, 0.717) is 0 Å². The highest BCUT2D eigenvalue weighted by Gasteiger charge is 2.48. The third kappa shape index (κ3) is 3.99. The molecule has 0 aromatic heterocycles. The van der Waals surface area contributed by atoms with E-state index in [1.807, 2.05) is 19.0 Å². The Bertz CT molecular complexity index is 491. The van der Waals surface area contributed by atoms with Crippen LogP contribution in [0.3, 0.4) is 0 Å². The maximum Gasteiger partial charge on any atom is 0.325 e. The number of imide groups is 1. The van der Waals surface area contributed by atoms with Crippen molar-refractivity contribution in [2.24, 2.45) is 4.99 Å². The van der Waals surface area contributed by atoms with Crippen molar-refractivity contribution in [3.8, 4) is 0 Å². The Balaban J connectivity index is 1.93. The van der Waals surface area contributed by atoms with Crippen molar-refractivity contribution in [2.45, 2.75) is 64.1 Å². The van der Waals surface area contributed by atoms with Gasteiger partial charge in [0.2, 0.25) is 0 Å². The number of guanidine groups is 1. The molecule has 0 spiro atoms. The lowest BCUT2D eigenvalue weighted by Crippen LogP contribution is -2.64. The lowest BCUT2D eigenvalue weighted by atomic mass is 10.1. The molecule has 0 aromatic rings. The molecule has 7 nitrogen and oxygen atoms in total. The number of aliphatic imine (C=N–C) groups is 1. The van der Waals surface area contributed by atoms with Crippen LogP contribution in [0.5, 0.6) is 0 Å². The van der Waals surface area contributed by atoms with Gasteiger partial charge in [0.25, 0.3) is 5.91 Å². The maximum atomic E-state index is 12.3. The number of nitrogens with one attached hydrogen (secondary N) is 1. The van der Waals surface area contributed by atoms with Gasteiger partial charge in [0.05, 0.1) is 0 Å². The summed E-state index contributed by atoms with van der Waals surface area (Å²) in [5.41, 5.74) is 0. The molecule has 2 unspecified atom stereocenters. The van der Waals surface area contributed by atoms with E-state index in [4.69, 9.17) is 0 Å². The third-order valence-corrected chi connectivity index (χ3v) is 4.74. The lowest BCUT2D eigenvalue weighted by molar-refractivity contribution is -0.127. The number of rotatable bonds is 8. The van der Waals surface area contributed by atoms with Crippen molar-refractivity contribution >= 4 is 17.9 Å². The largest absolute Gasteiger partial charge is 0.349 e. The number of likely N-dealkylation sites (N-methyl/N-ethyl adjacent to an activating group) is 1. The highest BCUT2D eigenvalue weighted by molar-refractivity contribution is 6.03. The Morgan fingerprint density at radius 2 is 1.71 bits per heavy atom. The normalized spacial score (nSPS) is 23.2. The van der Waals surface area contributed by atoms with Gasteiger partial charge < -0.3 is 14.7 Å². The average molecular weight is 337 g/mol. The van der Waals surface area contributed by atoms with Crippen molar-refractivity contribution < 1.29 is 9.59 Å². The molecule has 2 heterocycles. The van der Waals surface area contributed by atoms with E-state index in [1.165, 1.54) is 37.0 Å². The first-order chi connectivity index (χ1) is 11.5. The van der Waals surface area contributed by atoms with Crippen LogP contribution in [0.25, 0.3) is 0 Å². The Hall–Kier alpha value is -1.79. The molecule has 2 aliphatic heterocycles. The Labute approximate surface area is 145 Å². The molecule has 0 radical (unpaired) electrons. The van der Waals surface area contributed by atoms with Crippen molar-refractivity contribution in [3.63, 3.8) is 0 Å². The van der Waals surface area contributed by atoms with E-state index >= 15 is 0 Å². The molecule has 3 amide bonds. The number of fused-ring (bicyclic) bond motifs is 1. The number of carbonyl (C=O) groups excluding carboxylic acids is 2.